The zero-order valence-electron chi connectivity index (χ0n) is 9.57. The minimum atomic E-state index is -3.61. The Labute approximate surface area is 100 Å². The van der Waals surface area contributed by atoms with E-state index in [2.05, 4.69) is 0 Å². The van der Waals surface area contributed by atoms with Crippen LogP contribution in [-0.4, -0.2) is 66.6 Å². The summed E-state index contributed by atoms with van der Waals surface area (Å²) in [4.78, 5) is 10.4. The van der Waals surface area contributed by atoms with Crippen molar-refractivity contribution in [2.24, 2.45) is 0 Å². The van der Waals surface area contributed by atoms with Crippen LogP contribution in [0.2, 0.25) is 0 Å². The average molecular weight is 267 g/mol. The number of aliphatic hydroxyl groups is 1. The largest absolute Gasteiger partial charge is 0.481 e. The number of aliphatic hydroxyl groups excluding tert-OH is 1. The molecule has 100 valence electrons. The van der Waals surface area contributed by atoms with Gasteiger partial charge in [-0.3, -0.25) is 4.79 Å². The molecule has 0 spiro atoms. The molecule has 0 radical (unpaired) electrons. The Morgan fingerprint density at radius 1 is 1.53 bits per heavy atom. The Hall–Kier alpha value is -0.700. The molecule has 1 aliphatic heterocycles. The van der Waals surface area contributed by atoms with Crippen molar-refractivity contribution in [1.82, 2.24) is 4.31 Å². The number of morpholine rings is 1. The topological polar surface area (TPSA) is 104 Å². The van der Waals surface area contributed by atoms with Gasteiger partial charge in [0.25, 0.3) is 0 Å². The van der Waals surface area contributed by atoms with Crippen molar-refractivity contribution in [1.29, 1.82) is 0 Å². The van der Waals surface area contributed by atoms with E-state index in [1.165, 1.54) is 4.31 Å². The van der Waals surface area contributed by atoms with Crippen LogP contribution in [0.25, 0.3) is 0 Å². The summed E-state index contributed by atoms with van der Waals surface area (Å²) in [6, 6.07) is -0.336. The van der Waals surface area contributed by atoms with E-state index in [9.17, 15) is 13.2 Å². The summed E-state index contributed by atoms with van der Waals surface area (Å²) >= 11 is 0. The normalized spacial score (nSPS) is 26.9. The number of carboxylic acids is 1. The number of aliphatic carboxylic acids is 1. The molecule has 1 saturated heterocycles. The van der Waals surface area contributed by atoms with Gasteiger partial charge in [0.05, 0.1) is 31.5 Å². The van der Waals surface area contributed by atoms with Gasteiger partial charge in [-0.2, -0.15) is 4.31 Å². The van der Waals surface area contributed by atoms with Gasteiger partial charge >= 0.3 is 5.97 Å². The van der Waals surface area contributed by atoms with Crippen LogP contribution >= 0.6 is 0 Å². The summed E-state index contributed by atoms with van der Waals surface area (Å²) in [5, 5.41) is 17.4. The molecule has 0 aliphatic carbocycles. The van der Waals surface area contributed by atoms with Crippen molar-refractivity contribution >= 4 is 16.0 Å². The number of hydrogen-bond donors (Lipinski definition) is 2. The zero-order chi connectivity index (χ0) is 13.1. The first-order valence-corrected chi connectivity index (χ1v) is 6.91. The van der Waals surface area contributed by atoms with Crippen LogP contribution in [-0.2, 0) is 19.6 Å². The molecule has 0 aromatic heterocycles. The summed E-state index contributed by atoms with van der Waals surface area (Å²) in [6.07, 6.45) is -0.957. The molecule has 1 aliphatic rings. The summed E-state index contributed by atoms with van der Waals surface area (Å²) in [5.74, 6) is -1.57. The third-order valence-electron chi connectivity index (χ3n) is 2.58. The molecule has 1 rings (SSSR count). The molecule has 0 amide bonds. The smallest absolute Gasteiger partial charge is 0.304 e. The van der Waals surface area contributed by atoms with E-state index in [1.807, 2.05) is 0 Å². The van der Waals surface area contributed by atoms with Crippen LogP contribution in [0.1, 0.15) is 13.3 Å². The predicted molar refractivity (Wildman–Crippen MR) is 59.0 cm³/mol. The van der Waals surface area contributed by atoms with Gasteiger partial charge in [-0.25, -0.2) is 8.42 Å². The quantitative estimate of drug-likeness (QED) is 0.653. The van der Waals surface area contributed by atoms with E-state index in [4.69, 9.17) is 14.9 Å². The molecule has 2 atom stereocenters. The van der Waals surface area contributed by atoms with E-state index in [0.717, 1.165) is 0 Å². The van der Waals surface area contributed by atoms with E-state index in [-0.39, 0.29) is 25.8 Å². The fourth-order valence-corrected chi connectivity index (χ4v) is 3.29. The van der Waals surface area contributed by atoms with Gasteiger partial charge in [-0.1, -0.05) is 0 Å². The fourth-order valence-electron chi connectivity index (χ4n) is 1.62. The van der Waals surface area contributed by atoms with Gasteiger partial charge < -0.3 is 14.9 Å². The SMILES string of the molecule is CC1COC(CO)CN1S(=O)(=O)CCC(=O)O. The molecule has 1 heterocycles. The van der Waals surface area contributed by atoms with Crippen LogP contribution < -0.4 is 0 Å². The average Bonchev–Trinajstić information content (AvgIpc) is 2.27. The number of nitrogens with zero attached hydrogens (tertiary/aromatic N) is 1. The number of hydrogen-bond acceptors (Lipinski definition) is 5. The van der Waals surface area contributed by atoms with E-state index < -0.39 is 34.3 Å². The molecule has 8 heteroatoms. The minimum absolute atomic E-state index is 0.0691. The van der Waals surface area contributed by atoms with Gasteiger partial charge in [0.15, 0.2) is 0 Å². The molecular formula is C9H17NO6S. The maximum atomic E-state index is 11.9. The number of rotatable bonds is 5. The highest BCUT2D eigenvalue weighted by atomic mass is 32.2. The molecular weight excluding hydrogens is 250 g/mol. The molecule has 0 saturated carbocycles. The minimum Gasteiger partial charge on any atom is -0.481 e. The Balaban J connectivity index is 2.70. The van der Waals surface area contributed by atoms with Crippen LogP contribution in [0.3, 0.4) is 0 Å². The highest BCUT2D eigenvalue weighted by molar-refractivity contribution is 7.89. The van der Waals surface area contributed by atoms with Crippen molar-refractivity contribution in [2.45, 2.75) is 25.5 Å². The first-order chi connectivity index (χ1) is 7.86. The Morgan fingerprint density at radius 3 is 2.71 bits per heavy atom. The van der Waals surface area contributed by atoms with Gasteiger partial charge in [0.2, 0.25) is 10.0 Å². The summed E-state index contributed by atoms with van der Waals surface area (Å²) < 4.78 is 30.2. The summed E-state index contributed by atoms with van der Waals surface area (Å²) in [7, 11) is -3.61. The van der Waals surface area contributed by atoms with Crippen LogP contribution in [0.5, 0.6) is 0 Å². The molecule has 1 fully saturated rings. The number of ether oxygens (including phenoxy) is 1. The number of carbonyl (C=O) groups is 1. The first-order valence-electron chi connectivity index (χ1n) is 5.30. The Bertz CT molecular complexity index is 368. The van der Waals surface area contributed by atoms with Crippen molar-refractivity contribution < 1.29 is 28.2 Å². The number of carboxylic acid groups (broad SMARTS) is 1. The highest BCUT2D eigenvalue weighted by Gasteiger charge is 2.34. The standard InChI is InChI=1S/C9H17NO6S/c1-7-6-16-8(5-11)4-10(7)17(14,15)3-2-9(12)13/h7-8,11H,2-6H2,1H3,(H,12,13). The first kappa shape index (κ1) is 14.4. The van der Waals surface area contributed by atoms with Gasteiger partial charge in [0, 0.05) is 12.6 Å². The van der Waals surface area contributed by atoms with Crippen molar-refractivity contribution in [2.75, 3.05) is 25.5 Å². The van der Waals surface area contributed by atoms with Gasteiger partial charge in [-0.15, -0.1) is 0 Å². The molecule has 0 aromatic rings. The third kappa shape index (κ3) is 3.91. The van der Waals surface area contributed by atoms with Crippen molar-refractivity contribution in [3.63, 3.8) is 0 Å². The van der Waals surface area contributed by atoms with Crippen LogP contribution in [0, 0.1) is 0 Å². The lowest BCUT2D eigenvalue weighted by Gasteiger charge is -2.36. The highest BCUT2D eigenvalue weighted by Crippen LogP contribution is 2.16. The fraction of sp³-hybridized carbons (Fsp3) is 0.889. The van der Waals surface area contributed by atoms with Crippen molar-refractivity contribution in [3.8, 4) is 0 Å². The predicted octanol–water partition coefficient (Wildman–Crippen LogP) is -1.13. The van der Waals surface area contributed by atoms with Crippen LogP contribution in [0.4, 0.5) is 0 Å². The number of sulfonamides is 1. The van der Waals surface area contributed by atoms with Crippen LogP contribution in [0.15, 0.2) is 0 Å². The Kier molecular flexibility index (Phi) is 4.87. The molecule has 0 aromatic carbocycles. The molecule has 7 nitrogen and oxygen atoms in total. The lowest BCUT2D eigenvalue weighted by atomic mass is 10.2. The zero-order valence-corrected chi connectivity index (χ0v) is 10.4. The van der Waals surface area contributed by atoms with E-state index in [0.29, 0.717) is 0 Å². The van der Waals surface area contributed by atoms with Crippen molar-refractivity contribution in [3.05, 3.63) is 0 Å². The summed E-state index contributed by atoms with van der Waals surface area (Å²) in [5.41, 5.74) is 0. The summed E-state index contributed by atoms with van der Waals surface area (Å²) in [6.45, 7) is 1.71. The van der Waals surface area contributed by atoms with E-state index in [1.54, 1.807) is 6.92 Å². The molecule has 2 N–H and O–H groups in total. The molecule has 2 unspecified atom stereocenters. The van der Waals surface area contributed by atoms with Gasteiger partial charge in [0.1, 0.15) is 0 Å². The Morgan fingerprint density at radius 2 is 2.18 bits per heavy atom. The van der Waals surface area contributed by atoms with E-state index >= 15 is 0 Å². The second-order valence-corrected chi connectivity index (χ2v) is 6.06. The lowest BCUT2D eigenvalue weighted by molar-refractivity contribution is -0.136. The second kappa shape index (κ2) is 5.76. The molecule has 17 heavy (non-hydrogen) atoms. The maximum Gasteiger partial charge on any atom is 0.304 e. The lowest BCUT2D eigenvalue weighted by Crippen LogP contribution is -2.52. The third-order valence-corrected chi connectivity index (χ3v) is 4.53. The molecule has 0 bridgehead atoms. The maximum absolute atomic E-state index is 11.9. The second-order valence-electron chi connectivity index (χ2n) is 4.02. The van der Waals surface area contributed by atoms with Gasteiger partial charge in [-0.05, 0) is 6.92 Å². The monoisotopic (exact) mass is 267 g/mol.